The van der Waals surface area contributed by atoms with E-state index in [0.717, 1.165) is 6.07 Å². The molecular weight excluding hydrogens is 583 g/mol. The number of alkyl halides is 3. The number of halogens is 4. The van der Waals surface area contributed by atoms with Crippen molar-refractivity contribution in [2.75, 3.05) is 37.2 Å². The summed E-state index contributed by atoms with van der Waals surface area (Å²) in [5.74, 6) is 5.33. The highest BCUT2D eigenvalue weighted by Crippen LogP contribution is 2.35. The highest BCUT2D eigenvalue weighted by Gasteiger charge is 2.35. The Hall–Kier alpha value is -4.27. The lowest BCUT2D eigenvalue weighted by molar-refractivity contribution is -0.138. The van der Waals surface area contributed by atoms with Crippen LogP contribution in [-0.2, 0) is 17.5 Å². The monoisotopic (exact) mass is 613 g/mol. The number of rotatable bonds is 4. The van der Waals surface area contributed by atoms with E-state index in [1.807, 2.05) is 4.90 Å². The maximum absolute atomic E-state index is 14.1. The van der Waals surface area contributed by atoms with Crippen molar-refractivity contribution in [3.8, 4) is 11.8 Å². The fourth-order valence-electron chi connectivity index (χ4n) is 4.34. The quantitative estimate of drug-likeness (QED) is 0.348. The van der Waals surface area contributed by atoms with E-state index in [2.05, 4.69) is 22.1 Å². The third-order valence-corrected chi connectivity index (χ3v) is 6.82. The molecule has 226 valence electrons. The van der Waals surface area contributed by atoms with Crippen molar-refractivity contribution in [2.24, 2.45) is 0 Å². The van der Waals surface area contributed by atoms with Gasteiger partial charge in [0.15, 0.2) is 0 Å². The van der Waals surface area contributed by atoms with Crippen LogP contribution in [0.4, 0.5) is 29.5 Å². The van der Waals surface area contributed by atoms with Gasteiger partial charge in [-0.2, -0.15) is 13.2 Å². The molecule has 1 fully saturated rings. The van der Waals surface area contributed by atoms with Crippen LogP contribution in [-0.4, -0.2) is 58.6 Å². The normalized spacial score (nSPS) is 14.1. The number of carbonyl (C=O) groups excluding carboxylic acids is 2. The third kappa shape index (κ3) is 8.63. The van der Waals surface area contributed by atoms with Crippen molar-refractivity contribution in [2.45, 2.75) is 39.1 Å². The summed E-state index contributed by atoms with van der Waals surface area (Å²) in [7, 11) is 0. The van der Waals surface area contributed by atoms with Crippen LogP contribution >= 0.6 is 11.6 Å². The number of anilines is 2. The van der Waals surface area contributed by atoms with Gasteiger partial charge in [-0.3, -0.25) is 9.69 Å². The molecule has 0 radical (unpaired) electrons. The number of amides is 2. The van der Waals surface area contributed by atoms with Gasteiger partial charge in [0.05, 0.1) is 16.1 Å². The number of pyridine rings is 1. The fraction of sp³-hybridized carbons (Fsp3) is 0.323. The first kappa shape index (κ1) is 31.7. The fourth-order valence-corrected chi connectivity index (χ4v) is 4.50. The highest BCUT2D eigenvalue weighted by atomic mass is 35.5. The minimum atomic E-state index is -4.65. The van der Waals surface area contributed by atoms with E-state index in [1.54, 1.807) is 37.8 Å². The molecular formula is C31H31ClF3N5O3. The van der Waals surface area contributed by atoms with Crippen molar-refractivity contribution in [1.82, 2.24) is 14.8 Å². The van der Waals surface area contributed by atoms with Gasteiger partial charge < -0.3 is 20.7 Å². The standard InChI is InChI=1S/C31H31ClF3N5O3/c1-30(2,3)43-29(42)40-15-13-39(14-16-40)19-23-8-10-24(18-25(23)31(33,34)35)38-28(41)22-9-11-26(32)21(17-22)7-6-20-5-4-12-37-27(20)36/h4-5,8-12,17-18H,13-16,19H2,1-3H3,(H2,36,37)(H,38,41). The number of nitrogens with two attached hydrogens (primary N) is 1. The van der Waals surface area contributed by atoms with Crippen molar-refractivity contribution in [3.63, 3.8) is 0 Å². The van der Waals surface area contributed by atoms with Gasteiger partial charge in [0.25, 0.3) is 5.91 Å². The Kier molecular flexibility index (Phi) is 9.52. The molecule has 1 aromatic heterocycles. The number of carbonyl (C=O) groups is 2. The van der Waals surface area contributed by atoms with Crippen molar-refractivity contribution in [1.29, 1.82) is 0 Å². The van der Waals surface area contributed by atoms with E-state index in [0.29, 0.717) is 42.3 Å². The minimum Gasteiger partial charge on any atom is -0.444 e. The predicted molar refractivity (Wildman–Crippen MR) is 159 cm³/mol. The summed E-state index contributed by atoms with van der Waals surface area (Å²) < 4.78 is 47.6. The molecule has 2 heterocycles. The van der Waals surface area contributed by atoms with E-state index < -0.39 is 29.3 Å². The molecule has 0 aliphatic carbocycles. The number of nitrogens with zero attached hydrogens (tertiary/aromatic N) is 3. The van der Waals surface area contributed by atoms with E-state index in [4.69, 9.17) is 22.1 Å². The highest BCUT2D eigenvalue weighted by molar-refractivity contribution is 6.32. The molecule has 3 N–H and O–H groups in total. The number of piperazine rings is 1. The first-order valence-corrected chi connectivity index (χ1v) is 13.8. The zero-order valence-electron chi connectivity index (χ0n) is 23.9. The van der Waals surface area contributed by atoms with Gasteiger partial charge in [-0.1, -0.05) is 29.5 Å². The lowest BCUT2D eigenvalue weighted by Crippen LogP contribution is -2.49. The van der Waals surface area contributed by atoms with Gasteiger partial charge in [-0.25, -0.2) is 9.78 Å². The van der Waals surface area contributed by atoms with E-state index >= 15 is 0 Å². The van der Waals surface area contributed by atoms with Gasteiger partial charge in [0.2, 0.25) is 0 Å². The average molecular weight is 614 g/mol. The number of nitrogens with one attached hydrogen (secondary N) is 1. The smallest absolute Gasteiger partial charge is 0.416 e. The topological polar surface area (TPSA) is 101 Å². The van der Waals surface area contributed by atoms with Crippen LogP contribution in [0.25, 0.3) is 0 Å². The van der Waals surface area contributed by atoms with E-state index in [-0.39, 0.29) is 29.2 Å². The molecule has 1 saturated heterocycles. The first-order chi connectivity index (χ1) is 20.2. The van der Waals surface area contributed by atoms with Gasteiger partial charge in [0.1, 0.15) is 11.4 Å². The molecule has 0 atom stereocenters. The van der Waals surface area contributed by atoms with Crippen LogP contribution < -0.4 is 11.1 Å². The summed E-state index contributed by atoms with van der Waals surface area (Å²) in [4.78, 5) is 32.7. The Morgan fingerprint density at radius 3 is 2.37 bits per heavy atom. The third-order valence-electron chi connectivity index (χ3n) is 6.49. The second-order valence-corrected chi connectivity index (χ2v) is 11.4. The largest absolute Gasteiger partial charge is 0.444 e. The molecule has 0 unspecified atom stereocenters. The van der Waals surface area contributed by atoms with Crippen LogP contribution in [0.1, 0.15) is 53.4 Å². The van der Waals surface area contributed by atoms with Crippen molar-refractivity contribution >= 4 is 35.1 Å². The molecule has 1 aliphatic heterocycles. The second kappa shape index (κ2) is 12.9. The number of hydrogen-bond acceptors (Lipinski definition) is 6. The molecule has 12 heteroatoms. The summed E-state index contributed by atoms with van der Waals surface area (Å²) in [5, 5.41) is 2.83. The van der Waals surface area contributed by atoms with Crippen LogP contribution in [0, 0.1) is 11.8 Å². The summed E-state index contributed by atoms with van der Waals surface area (Å²) in [5.41, 5.74) is 5.37. The van der Waals surface area contributed by atoms with Crippen LogP contribution in [0.15, 0.2) is 54.7 Å². The Labute approximate surface area is 253 Å². The minimum absolute atomic E-state index is 0.0125. The van der Waals surface area contributed by atoms with Crippen LogP contribution in [0.5, 0.6) is 0 Å². The molecule has 1 aliphatic rings. The summed E-state index contributed by atoms with van der Waals surface area (Å²) in [6, 6.07) is 11.5. The van der Waals surface area contributed by atoms with E-state index in [1.165, 1.54) is 36.5 Å². The Morgan fingerprint density at radius 2 is 1.72 bits per heavy atom. The maximum atomic E-state index is 14.1. The SMILES string of the molecule is CC(C)(C)OC(=O)N1CCN(Cc2ccc(NC(=O)c3ccc(Cl)c(C#Cc4cccnc4N)c3)cc2C(F)(F)F)CC1. The van der Waals surface area contributed by atoms with Crippen molar-refractivity contribution < 1.29 is 27.5 Å². The van der Waals surface area contributed by atoms with Gasteiger partial charge >= 0.3 is 12.3 Å². The maximum Gasteiger partial charge on any atom is 0.416 e. The summed E-state index contributed by atoms with van der Waals surface area (Å²) in [6.45, 7) is 6.82. The number of nitrogen functional groups attached to an aromatic ring is 1. The average Bonchev–Trinajstić information content (AvgIpc) is 2.93. The molecule has 0 bridgehead atoms. The molecule has 8 nitrogen and oxygen atoms in total. The Bertz CT molecular complexity index is 1570. The number of benzene rings is 2. The molecule has 0 saturated carbocycles. The molecule has 0 spiro atoms. The zero-order valence-corrected chi connectivity index (χ0v) is 24.6. The molecule has 3 aromatic rings. The summed E-state index contributed by atoms with van der Waals surface area (Å²) in [6.07, 6.45) is -3.56. The summed E-state index contributed by atoms with van der Waals surface area (Å²) >= 11 is 6.25. The first-order valence-electron chi connectivity index (χ1n) is 13.4. The number of hydrogen-bond donors (Lipinski definition) is 2. The van der Waals surface area contributed by atoms with E-state index in [9.17, 15) is 22.8 Å². The molecule has 43 heavy (non-hydrogen) atoms. The van der Waals surface area contributed by atoms with Crippen LogP contribution in [0.3, 0.4) is 0 Å². The molecule has 2 amide bonds. The number of ether oxygens (including phenoxy) is 1. The number of aromatic nitrogens is 1. The lowest BCUT2D eigenvalue weighted by Gasteiger charge is -2.36. The Morgan fingerprint density at radius 1 is 1.02 bits per heavy atom. The van der Waals surface area contributed by atoms with Crippen LogP contribution in [0.2, 0.25) is 5.02 Å². The van der Waals surface area contributed by atoms with Crippen molar-refractivity contribution in [3.05, 3.63) is 87.6 Å². The molecule has 4 rings (SSSR count). The second-order valence-electron chi connectivity index (χ2n) is 10.9. The predicted octanol–water partition coefficient (Wildman–Crippen LogP) is 6.04. The van der Waals surface area contributed by atoms with Gasteiger partial charge in [-0.15, -0.1) is 0 Å². The zero-order chi connectivity index (χ0) is 31.4. The van der Waals surface area contributed by atoms with Gasteiger partial charge in [-0.05, 0) is 68.8 Å². The molecule has 2 aromatic carbocycles. The Balaban J connectivity index is 1.46. The van der Waals surface area contributed by atoms with Gasteiger partial charge in [0, 0.05) is 55.7 Å². The lowest BCUT2D eigenvalue weighted by atomic mass is 10.0.